The Labute approximate surface area is 247 Å². The molecule has 0 unspecified atom stereocenters. The van der Waals surface area contributed by atoms with Crippen LogP contribution >= 0.6 is 0 Å². The van der Waals surface area contributed by atoms with Crippen molar-refractivity contribution in [2.75, 3.05) is 0 Å². The van der Waals surface area contributed by atoms with Gasteiger partial charge in [-0.25, -0.2) is 0 Å². The first kappa shape index (κ1) is 27.9. The van der Waals surface area contributed by atoms with E-state index in [1.807, 2.05) is 24.3 Å². The van der Waals surface area contributed by atoms with Crippen LogP contribution in [0, 0.1) is 0 Å². The van der Waals surface area contributed by atoms with Gasteiger partial charge in [0.15, 0.2) is 0 Å². The number of aromatic nitrogens is 3. The molecule has 6 aromatic carbocycles. The molecule has 3 heteroatoms. The van der Waals surface area contributed by atoms with E-state index in [0.29, 0.717) is 0 Å². The summed E-state index contributed by atoms with van der Waals surface area (Å²) in [5.41, 5.74) is 10.1. The van der Waals surface area contributed by atoms with Gasteiger partial charge < -0.3 is 0 Å². The molecular weight excluding hydrogens is 510 g/mol. The van der Waals surface area contributed by atoms with E-state index in [-0.39, 0.29) is 0 Å². The second-order valence-corrected chi connectivity index (χ2v) is 9.44. The third-order valence-corrected chi connectivity index (χ3v) is 6.56. The third-order valence-electron chi connectivity index (χ3n) is 6.56. The highest BCUT2D eigenvalue weighted by Gasteiger charge is 2.01. The summed E-state index contributed by atoms with van der Waals surface area (Å²) < 4.78 is 0. The van der Waals surface area contributed by atoms with Gasteiger partial charge in [-0.3, -0.25) is 0 Å². The number of rotatable bonds is 4. The summed E-state index contributed by atoms with van der Waals surface area (Å²) in [5, 5.41) is 10.1. The van der Waals surface area contributed by atoms with Crippen LogP contribution in [-0.2, 0) is 0 Å². The first-order chi connectivity index (χ1) is 20.9. The van der Waals surface area contributed by atoms with Crippen LogP contribution < -0.4 is 0 Å². The van der Waals surface area contributed by atoms with Gasteiger partial charge >= 0.3 is 0 Å². The molecule has 202 valence electrons. The van der Waals surface area contributed by atoms with Gasteiger partial charge in [0, 0.05) is 0 Å². The lowest BCUT2D eigenvalue weighted by molar-refractivity contribution is 0.865. The highest BCUT2D eigenvalue weighted by Crippen LogP contribution is 2.27. The second kappa shape index (κ2) is 15.2. The molecule has 0 fully saturated rings. The molecule has 0 aliphatic heterocycles. The Morgan fingerprint density at radius 3 is 0.714 bits per heavy atom. The Morgan fingerprint density at radius 1 is 0.238 bits per heavy atom. The van der Waals surface area contributed by atoms with E-state index >= 15 is 0 Å². The van der Waals surface area contributed by atoms with E-state index in [0.717, 1.165) is 0 Å². The molecule has 42 heavy (non-hydrogen) atoms. The molecule has 0 amide bonds. The van der Waals surface area contributed by atoms with Crippen LogP contribution in [0.4, 0.5) is 0 Å². The van der Waals surface area contributed by atoms with Crippen LogP contribution in [-0.4, -0.2) is 15.4 Å². The van der Waals surface area contributed by atoms with E-state index in [1.165, 1.54) is 44.5 Å². The van der Waals surface area contributed by atoms with Gasteiger partial charge in [-0.15, -0.1) is 10.2 Å². The maximum atomic E-state index is 3.42. The molecule has 0 spiro atoms. The fourth-order valence-electron chi connectivity index (χ4n) is 4.48. The number of hydrogen-bond acceptors (Lipinski definition) is 3. The minimum Gasteiger partial charge on any atom is -0.139 e. The van der Waals surface area contributed by atoms with Gasteiger partial charge in [0.2, 0.25) is 0 Å². The average molecular weight is 542 g/mol. The third kappa shape index (κ3) is 8.17. The Balaban J connectivity index is 0.000000141. The van der Waals surface area contributed by atoms with Crippen LogP contribution in [0.1, 0.15) is 0 Å². The maximum absolute atomic E-state index is 3.42. The minimum atomic E-state index is 1.26. The quantitative estimate of drug-likeness (QED) is 0.223. The second-order valence-electron chi connectivity index (χ2n) is 9.44. The van der Waals surface area contributed by atoms with Gasteiger partial charge in [-0.1, -0.05) is 158 Å². The van der Waals surface area contributed by atoms with Gasteiger partial charge in [-0.2, -0.15) is 0 Å². The largest absolute Gasteiger partial charge is 0.139 e. The van der Waals surface area contributed by atoms with Gasteiger partial charge in [-0.05, 0) is 67.9 Å². The molecule has 0 aliphatic rings. The monoisotopic (exact) mass is 541 g/mol. The van der Waals surface area contributed by atoms with Crippen molar-refractivity contribution in [1.29, 1.82) is 0 Å². The van der Waals surface area contributed by atoms with Crippen molar-refractivity contribution in [3.8, 4) is 44.5 Å². The normalized spacial score (nSPS) is 9.90. The molecule has 1 aromatic heterocycles. The summed E-state index contributed by atoms with van der Waals surface area (Å²) >= 11 is 0. The number of nitrogens with zero attached hydrogens (tertiary/aromatic N) is 3. The summed E-state index contributed by atoms with van der Waals surface area (Å²) in [5.74, 6) is 0. The van der Waals surface area contributed by atoms with Crippen LogP contribution in [0.2, 0.25) is 0 Å². The van der Waals surface area contributed by atoms with Crippen molar-refractivity contribution in [2.45, 2.75) is 0 Å². The van der Waals surface area contributed by atoms with E-state index in [1.54, 1.807) is 18.5 Å². The van der Waals surface area contributed by atoms with Crippen LogP contribution in [0.3, 0.4) is 0 Å². The first-order valence-corrected chi connectivity index (χ1v) is 13.9. The fourth-order valence-corrected chi connectivity index (χ4v) is 4.48. The molecule has 0 saturated heterocycles. The molecule has 7 aromatic rings. The molecule has 0 atom stereocenters. The summed E-state index contributed by atoms with van der Waals surface area (Å²) in [6.45, 7) is 0. The maximum Gasteiger partial charge on any atom is 0.0529 e. The zero-order valence-corrected chi connectivity index (χ0v) is 23.2. The van der Waals surface area contributed by atoms with Crippen LogP contribution in [0.15, 0.2) is 188 Å². The molecule has 0 bridgehead atoms. The van der Waals surface area contributed by atoms with Gasteiger partial charge in [0.1, 0.15) is 0 Å². The minimum absolute atomic E-state index is 1.26. The summed E-state index contributed by atoms with van der Waals surface area (Å²) in [4.78, 5) is 0. The zero-order valence-electron chi connectivity index (χ0n) is 23.2. The smallest absolute Gasteiger partial charge is 0.0529 e. The number of hydrogen-bond donors (Lipinski definition) is 0. The van der Waals surface area contributed by atoms with E-state index < -0.39 is 0 Å². The Hall–Kier alpha value is -5.67. The van der Waals surface area contributed by atoms with Crippen molar-refractivity contribution in [2.24, 2.45) is 0 Å². The standard InChI is InChI=1S/2C18H14.C3H3N3/c2*1-3-8-15(9-4-1)17-12-7-13-18(14-17)16-10-5-2-6-11-16;1-2-4-6-5-3-1/h2*1-14H;1-3H. The van der Waals surface area contributed by atoms with Crippen molar-refractivity contribution < 1.29 is 0 Å². The van der Waals surface area contributed by atoms with E-state index in [9.17, 15) is 0 Å². The highest BCUT2D eigenvalue weighted by atomic mass is 15.3. The van der Waals surface area contributed by atoms with Crippen LogP contribution in [0.25, 0.3) is 44.5 Å². The Morgan fingerprint density at radius 2 is 0.500 bits per heavy atom. The lowest BCUT2D eigenvalue weighted by atomic mass is 9.99. The van der Waals surface area contributed by atoms with Crippen molar-refractivity contribution in [3.63, 3.8) is 0 Å². The molecule has 0 saturated carbocycles. The predicted molar refractivity (Wildman–Crippen MR) is 174 cm³/mol. The fraction of sp³-hybridized carbons (Fsp3) is 0. The summed E-state index contributed by atoms with van der Waals surface area (Å²) in [6, 6.07) is 61.0. The summed E-state index contributed by atoms with van der Waals surface area (Å²) in [6.07, 6.45) is 3.15. The molecule has 1 heterocycles. The topological polar surface area (TPSA) is 38.7 Å². The molecule has 0 aliphatic carbocycles. The highest BCUT2D eigenvalue weighted by molar-refractivity contribution is 5.74. The van der Waals surface area contributed by atoms with Crippen molar-refractivity contribution in [3.05, 3.63) is 188 Å². The van der Waals surface area contributed by atoms with Crippen molar-refractivity contribution in [1.82, 2.24) is 15.4 Å². The molecule has 7 rings (SSSR count). The predicted octanol–water partition coefficient (Wildman–Crippen LogP) is 9.91. The molecular formula is C39H31N3. The average Bonchev–Trinajstić information content (AvgIpc) is 3.11. The summed E-state index contributed by atoms with van der Waals surface area (Å²) in [7, 11) is 0. The van der Waals surface area contributed by atoms with E-state index in [4.69, 9.17) is 0 Å². The van der Waals surface area contributed by atoms with Crippen LogP contribution in [0.5, 0.6) is 0 Å². The SMILES string of the molecule is c1ccc(-c2cccc(-c3ccccc3)c2)cc1.c1ccc(-c2cccc(-c3ccccc3)c2)cc1.c1cnnnc1. The Kier molecular flexibility index (Phi) is 10.1. The Bertz CT molecular complexity index is 1490. The molecule has 3 nitrogen and oxygen atoms in total. The van der Waals surface area contributed by atoms with Gasteiger partial charge in [0.05, 0.1) is 12.4 Å². The molecule has 0 N–H and O–H groups in total. The zero-order chi connectivity index (χ0) is 28.7. The van der Waals surface area contributed by atoms with Crippen molar-refractivity contribution >= 4 is 0 Å². The first-order valence-electron chi connectivity index (χ1n) is 13.9. The molecule has 0 radical (unpaired) electrons. The van der Waals surface area contributed by atoms with Gasteiger partial charge in [0.25, 0.3) is 0 Å². The number of benzene rings is 6. The lowest BCUT2D eigenvalue weighted by Crippen LogP contribution is -1.80. The van der Waals surface area contributed by atoms with E-state index in [2.05, 4.69) is 161 Å². The lowest BCUT2D eigenvalue weighted by Gasteiger charge is -2.05.